The zero-order valence-electron chi connectivity index (χ0n) is 15.7. The van der Waals surface area contributed by atoms with Crippen molar-refractivity contribution in [2.75, 3.05) is 38.3 Å². The molecular formula is C23H26N2O2. The van der Waals surface area contributed by atoms with E-state index >= 15 is 0 Å². The van der Waals surface area contributed by atoms with E-state index in [9.17, 15) is 0 Å². The normalized spacial score (nSPS) is 17.2. The molecule has 1 N–H and O–H groups in total. The van der Waals surface area contributed by atoms with Crippen LogP contribution in [-0.2, 0) is 11.3 Å². The first-order chi connectivity index (χ1) is 13.3. The van der Waals surface area contributed by atoms with E-state index in [0.29, 0.717) is 19.3 Å². The van der Waals surface area contributed by atoms with Gasteiger partial charge in [0.05, 0.1) is 12.6 Å². The van der Waals surface area contributed by atoms with Crippen LogP contribution >= 0.6 is 0 Å². The molecule has 1 atom stereocenters. The minimum absolute atomic E-state index is 0.304. The lowest BCUT2D eigenvalue weighted by Gasteiger charge is -2.37. The van der Waals surface area contributed by atoms with Crippen LogP contribution in [0.5, 0.6) is 5.75 Å². The fourth-order valence-electron chi connectivity index (χ4n) is 3.65. The smallest absolute Gasteiger partial charge is 0.120 e. The standard InChI is InChI=1S/C23H26N2O2/c1-26-16-18-6-9-21(10-7-18)25-13-12-24-15-22(25)17-27-23-11-8-19-4-2-3-5-20(19)14-23/h2-11,14,22,24H,12-13,15-17H2,1H3. The molecule has 0 aliphatic carbocycles. The van der Waals surface area contributed by atoms with Crippen molar-refractivity contribution in [2.24, 2.45) is 0 Å². The van der Waals surface area contributed by atoms with Gasteiger partial charge in [-0.05, 0) is 40.6 Å². The predicted octanol–water partition coefficient (Wildman–Crippen LogP) is 3.84. The highest BCUT2D eigenvalue weighted by atomic mass is 16.5. The Labute approximate surface area is 160 Å². The number of ether oxygens (including phenoxy) is 2. The van der Waals surface area contributed by atoms with Crippen LogP contribution in [0.4, 0.5) is 5.69 Å². The summed E-state index contributed by atoms with van der Waals surface area (Å²) >= 11 is 0. The average molecular weight is 362 g/mol. The van der Waals surface area contributed by atoms with Gasteiger partial charge in [0.1, 0.15) is 12.4 Å². The van der Waals surface area contributed by atoms with Gasteiger partial charge in [-0.15, -0.1) is 0 Å². The third-order valence-corrected chi connectivity index (χ3v) is 5.09. The van der Waals surface area contributed by atoms with Gasteiger partial charge >= 0.3 is 0 Å². The van der Waals surface area contributed by atoms with Crippen LogP contribution in [0.15, 0.2) is 66.7 Å². The van der Waals surface area contributed by atoms with Gasteiger partial charge in [-0.2, -0.15) is 0 Å². The number of nitrogens with zero attached hydrogens (tertiary/aromatic N) is 1. The van der Waals surface area contributed by atoms with Crippen LogP contribution in [0.25, 0.3) is 10.8 Å². The second-order valence-corrected chi connectivity index (χ2v) is 6.97. The molecule has 0 aromatic heterocycles. The zero-order valence-corrected chi connectivity index (χ0v) is 15.7. The lowest BCUT2D eigenvalue weighted by molar-refractivity contribution is 0.185. The Morgan fingerprint density at radius 2 is 1.81 bits per heavy atom. The minimum atomic E-state index is 0.304. The summed E-state index contributed by atoms with van der Waals surface area (Å²) in [5.74, 6) is 0.926. The molecule has 4 nitrogen and oxygen atoms in total. The van der Waals surface area contributed by atoms with Crippen molar-refractivity contribution in [3.05, 3.63) is 72.3 Å². The van der Waals surface area contributed by atoms with Crippen LogP contribution in [0, 0.1) is 0 Å². The summed E-state index contributed by atoms with van der Waals surface area (Å²) in [5, 5.41) is 5.94. The van der Waals surface area contributed by atoms with Crippen LogP contribution < -0.4 is 15.0 Å². The van der Waals surface area contributed by atoms with E-state index < -0.39 is 0 Å². The number of piperazine rings is 1. The van der Waals surface area contributed by atoms with E-state index in [2.05, 4.69) is 76.9 Å². The first kappa shape index (κ1) is 17.8. The molecule has 4 heteroatoms. The summed E-state index contributed by atoms with van der Waals surface area (Å²) < 4.78 is 11.4. The molecule has 1 fully saturated rings. The van der Waals surface area contributed by atoms with Gasteiger partial charge in [0.15, 0.2) is 0 Å². The number of anilines is 1. The van der Waals surface area contributed by atoms with E-state index in [4.69, 9.17) is 9.47 Å². The maximum absolute atomic E-state index is 6.17. The van der Waals surface area contributed by atoms with E-state index in [-0.39, 0.29) is 0 Å². The number of fused-ring (bicyclic) bond motifs is 1. The van der Waals surface area contributed by atoms with Crippen molar-refractivity contribution in [1.82, 2.24) is 5.32 Å². The lowest BCUT2D eigenvalue weighted by Crippen LogP contribution is -2.54. The fourth-order valence-corrected chi connectivity index (χ4v) is 3.65. The Hall–Kier alpha value is -2.56. The van der Waals surface area contributed by atoms with Gasteiger partial charge in [0, 0.05) is 32.4 Å². The Morgan fingerprint density at radius 3 is 2.63 bits per heavy atom. The maximum atomic E-state index is 6.17. The number of rotatable bonds is 6. The highest BCUT2D eigenvalue weighted by Gasteiger charge is 2.23. The summed E-state index contributed by atoms with van der Waals surface area (Å²) in [6, 6.07) is 23.6. The Kier molecular flexibility index (Phi) is 5.56. The van der Waals surface area contributed by atoms with Crippen molar-refractivity contribution in [2.45, 2.75) is 12.6 Å². The predicted molar refractivity (Wildman–Crippen MR) is 111 cm³/mol. The van der Waals surface area contributed by atoms with Crippen LogP contribution in [-0.4, -0.2) is 39.4 Å². The number of hydrogen-bond donors (Lipinski definition) is 1. The Morgan fingerprint density at radius 1 is 1.00 bits per heavy atom. The van der Waals surface area contributed by atoms with Gasteiger partial charge in [-0.1, -0.05) is 42.5 Å². The quantitative estimate of drug-likeness (QED) is 0.722. The topological polar surface area (TPSA) is 33.7 Å². The monoisotopic (exact) mass is 362 g/mol. The maximum Gasteiger partial charge on any atom is 0.120 e. The van der Waals surface area contributed by atoms with Gasteiger partial charge in [0.25, 0.3) is 0 Å². The number of methoxy groups -OCH3 is 1. The second-order valence-electron chi connectivity index (χ2n) is 6.97. The van der Waals surface area contributed by atoms with Crippen LogP contribution in [0.2, 0.25) is 0 Å². The van der Waals surface area contributed by atoms with E-state index in [1.165, 1.54) is 22.0 Å². The third-order valence-electron chi connectivity index (χ3n) is 5.09. The molecule has 3 aromatic rings. The first-order valence-corrected chi connectivity index (χ1v) is 9.50. The van der Waals surface area contributed by atoms with Crippen molar-refractivity contribution in [3.8, 4) is 5.75 Å². The van der Waals surface area contributed by atoms with E-state index in [1.807, 2.05) is 0 Å². The molecule has 1 aliphatic heterocycles. The summed E-state index contributed by atoms with van der Waals surface area (Å²) in [7, 11) is 1.73. The third kappa shape index (κ3) is 4.24. The molecule has 1 heterocycles. The zero-order chi connectivity index (χ0) is 18.5. The molecule has 1 unspecified atom stereocenters. The average Bonchev–Trinajstić information content (AvgIpc) is 2.73. The molecule has 140 valence electrons. The largest absolute Gasteiger partial charge is 0.491 e. The van der Waals surface area contributed by atoms with Crippen molar-refractivity contribution >= 4 is 16.5 Å². The van der Waals surface area contributed by atoms with Gasteiger partial charge in [-0.3, -0.25) is 0 Å². The molecule has 27 heavy (non-hydrogen) atoms. The number of nitrogens with one attached hydrogen (secondary N) is 1. The second kappa shape index (κ2) is 8.42. The molecule has 1 saturated heterocycles. The Balaban J connectivity index is 1.45. The fraction of sp³-hybridized carbons (Fsp3) is 0.304. The molecule has 0 amide bonds. The molecule has 4 rings (SSSR count). The molecule has 1 aliphatic rings. The Bertz CT molecular complexity index is 879. The molecule has 3 aromatic carbocycles. The molecule has 0 saturated carbocycles. The SMILES string of the molecule is COCc1ccc(N2CCNCC2COc2ccc3ccccc3c2)cc1. The highest BCUT2D eigenvalue weighted by Crippen LogP contribution is 2.23. The summed E-state index contributed by atoms with van der Waals surface area (Å²) in [6.45, 7) is 4.20. The molecular weight excluding hydrogens is 336 g/mol. The lowest BCUT2D eigenvalue weighted by atomic mass is 10.1. The van der Waals surface area contributed by atoms with Crippen molar-refractivity contribution < 1.29 is 9.47 Å². The molecule has 0 radical (unpaired) electrons. The van der Waals surface area contributed by atoms with E-state index in [0.717, 1.165) is 25.4 Å². The molecule has 0 spiro atoms. The summed E-state index contributed by atoms with van der Waals surface area (Å²) in [6.07, 6.45) is 0. The van der Waals surface area contributed by atoms with Crippen molar-refractivity contribution in [1.29, 1.82) is 0 Å². The summed E-state index contributed by atoms with van der Waals surface area (Å²) in [5.41, 5.74) is 2.43. The van der Waals surface area contributed by atoms with Crippen LogP contribution in [0.1, 0.15) is 5.56 Å². The number of benzene rings is 3. The van der Waals surface area contributed by atoms with Crippen LogP contribution in [0.3, 0.4) is 0 Å². The van der Waals surface area contributed by atoms with Gasteiger partial charge in [0.2, 0.25) is 0 Å². The molecule has 0 bridgehead atoms. The van der Waals surface area contributed by atoms with E-state index in [1.54, 1.807) is 7.11 Å². The van der Waals surface area contributed by atoms with Gasteiger partial charge < -0.3 is 19.7 Å². The van der Waals surface area contributed by atoms with Gasteiger partial charge in [-0.25, -0.2) is 0 Å². The number of hydrogen-bond acceptors (Lipinski definition) is 4. The first-order valence-electron chi connectivity index (χ1n) is 9.50. The highest BCUT2D eigenvalue weighted by molar-refractivity contribution is 5.83. The minimum Gasteiger partial charge on any atom is -0.491 e. The van der Waals surface area contributed by atoms with Crippen molar-refractivity contribution in [3.63, 3.8) is 0 Å². The summed E-state index contributed by atoms with van der Waals surface area (Å²) in [4.78, 5) is 2.44.